The lowest BCUT2D eigenvalue weighted by Gasteiger charge is -2.04. The molecule has 0 radical (unpaired) electrons. The van der Waals surface area contributed by atoms with Crippen LogP contribution in [0.4, 0.5) is 5.13 Å². The molecule has 25 heavy (non-hydrogen) atoms. The highest BCUT2D eigenvalue weighted by Crippen LogP contribution is 2.32. The Hall–Kier alpha value is -1.61. The molecule has 3 aromatic rings. The SMILES string of the molecule is CSc1cccc2sc(NC(=O)CS(=O)(=O)c3ccc(Cl)cc3)nc12. The summed E-state index contributed by atoms with van der Waals surface area (Å²) in [5, 5.41) is 3.39. The molecular formula is C16H13ClN2O3S3. The van der Waals surface area contributed by atoms with Crippen molar-refractivity contribution in [2.75, 3.05) is 17.3 Å². The van der Waals surface area contributed by atoms with Gasteiger partial charge in [0.25, 0.3) is 0 Å². The molecule has 0 aliphatic carbocycles. The molecule has 0 aliphatic rings. The highest BCUT2D eigenvalue weighted by atomic mass is 35.5. The summed E-state index contributed by atoms with van der Waals surface area (Å²) in [5.41, 5.74) is 0.802. The third kappa shape index (κ3) is 4.14. The number of nitrogens with zero attached hydrogens (tertiary/aromatic N) is 1. The van der Waals surface area contributed by atoms with Gasteiger partial charge in [-0.2, -0.15) is 0 Å². The van der Waals surface area contributed by atoms with Crippen molar-refractivity contribution in [1.82, 2.24) is 4.98 Å². The van der Waals surface area contributed by atoms with Gasteiger partial charge >= 0.3 is 0 Å². The summed E-state index contributed by atoms with van der Waals surface area (Å²) in [6.45, 7) is 0. The van der Waals surface area contributed by atoms with E-state index in [-0.39, 0.29) is 4.90 Å². The van der Waals surface area contributed by atoms with E-state index in [9.17, 15) is 13.2 Å². The average Bonchev–Trinajstić information content (AvgIpc) is 2.96. The number of hydrogen-bond acceptors (Lipinski definition) is 6. The molecule has 0 saturated carbocycles. The Morgan fingerprint density at radius 3 is 2.64 bits per heavy atom. The lowest BCUT2D eigenvalue weighted by atomic mass is 10.3. The molecule has 0 aliphatic heterocycles. The van der Waals surface area contributed by atoms with Gasteiger partial charge in [0.1, 0.15) is 5.75 Å². The minimum Gasteiger partial charge on any atom is -0.301 e. The lowest BCUT2D eigenvalue weighted by Crippen LogP contribution is -2.22. The smallest absolute Gasteiger partial charge is 0.241 e. The minimum absolute atomic E-state index is 0.0565. The van der Waals surface area contributed by atoms with Crippen LogP contribution in [0, 0.1) is 0 Å². The number of thioether (sulfide) groups is 1. The number of amides is 1. The largest absolute Gasteiger partial charge is 0.301 e. The monoisotopic (exact) mass is 412 g/mol. The maximum Gasteiger partial charge on any atom is 0.241 e. The lowest BCUT2D eigenvalue weighted by molar-refractivity contribution is -0.113. The van der Waals surface area contributed by atoms with Gasteiger partial charge in [-0.25, -0.2) is 13.4 Å². The number of carbonyl (C=O) groups is 1. The van der Waals surface area contributed by atoms with Gasteiger partial charge in [0.05, 0.1) is 15.1 Å². The van der Waals surface area contributed by atoms with Gasteiger partial charge in [-0.1, -0.05) is 29.0 Å². The van der Waals surface area contributed by atoms with Gasteiger partial charge in [-0.15, -0.1) is 11.8 Å². The Bertz CT molecular complexity index is 1030. The zero-order chi connectivity index (χ0) is 18.0. The number of rotatable bonds is 5. The molecule has 0 saturated heterocycles. The Morgan fingerprint density at radius 2 is 1.96 bits per heavy atom. The number of thiazole rings is 1. The summed E-state index contributed by atoms with van der Waals surface area (Å²) in [5.74, 6) is -1.28. The molecule has 0 fully saturated rings. The van der Waals surface area contributed by atoms with Crippen LogP contribution in [0.15, 0.2) is 52.3 Å². The maximum absolute atomic E-state index is 12.3. The zero-order valence-electron chi connectivity index (χ0n) is 13.0. The fourth-order valence-electron chi connectivity index (χ4n) is 2.19. The molecule has 1 aromatic heterocycles. The number of halogens is 1. The van der Waals surface area contributed by atoms with Crippen LogP contribution in [-0.4, -0.2) is 31.3 Å². The first-order chi connectivity index (χ1) is 11.9. The first-order valence-electron chi connectivity index (χ1n) is 7.11. The van der Waals surface area contributed by atoms with Gasteiger partial charge in [-0.3, -0.25) is 4.79 Å². The number of sulfone groups is 1. The first kappa shape index (κ1) is 18.2. The number of carbonyl (C=O) groups excluding carboxylic acids is 1. The second kappa shape index (κ2) is 7.33. The van der Waals surface area contributed by atoms with Crippen LogP contribution in [0.3, 0.4) is 0 Å². The molecule has 0 atom stereocenters. The van der Waals surface area contributed by atoms with Crippen LogP contribution < -0.4 is 5.32 Å². The number of para-hydroxylation sites is 1. The van der Waals surface area contributed by atoms with E-state index in [1.54, 1.807) is 11.8 Å². The van der Waals surface area contributed by atoms with E-state index in [2.05, 4.69) is 10.3 Å². The van der Waals surface area contributed by atoms with Crippen molar-refractivity contribution in [3.63, 3.8) is 0 Å². The van der Waals surface area contributed by atoms with Crippen molar-refractivity contribution in [2.45, 2.75) is 9.79 Å². The molecule has 0 bridgehead atoms. The Kier molecular flexibility index (Phi) is 5.33. The van der Waals surface area contributed by atoms with E-state index in [0.717, 1.165) is 15.1 Å². The molecule has 9 heteroatoms. The summed E-state index contributed by atoms with van der Waals surface area (Å²) in [6.07, 6.45) is 1.95. The number of aromatic nitrogens is 1. The van der Waals surface area contributed by atoms with Crippen LogP contribution in [-0.2, 0) is 14.6 Å². The average molecular weight is 413 g/mol. The predicted molar refractivity (Wildman–Crippen MR) is 104 cm³/mol. The number of nitrogens with one attached hydrogen (secondary N) is 1. The first-order valence-corrected chi connectivity index (χ1v) is 11.2. The normalized spacial score (nSPS) is 11.6. The van der Waals surface area contributed by atoms with Crippen molar-refractivity contribution in [3.05, 3.63) is 47.5 Å². The molecule has 0 unspecified atom stereocenters. The van der Waals surface area contributed by atoms with Crippen molar-refractivity contribution in [3.8, 4) is 0 Å². The summed E-state index contributed by atoms with van der Waals surface area (Å²) in [7, 11) is -3.74. The highest BCUT2D eigenvalue weighted by molar-refractivity contribution is 7.98. The van der Waals surface area contributed by atoms with Gasteiger partial charge in [0, 0.05) is 9.92 Å². The Labute approximate surface area is 158 Å². The van der Waals surface area contributed by atoms with Gasteiger partial charge in [0.15, 0.2) is 15.0 Å². The molecule has 1 heterocycles. The van der Waals surface area contributed by atoms with Gasteiger partial charge < -0.3 is 5.32 Å². The van der Waals surface area contributed by atoms with Crippen molar-refractivity contribution >= 4 is 65.8 Å². The summed E-state index contributed by atoms with van der Waals surface area (Å²) < 4.78 is 25.5. The topological polar surface area (TPSA) is 76.1 Å². The second-order valence-electron chi connectivity index (χ2n) is 5.09. The third-order valence-electron chi connectivity index (χ3n) is 3.34. The van der Waals surface area contributed by atoms with Crippen molar-refractivity contribution in [2.24, 2.45) is 0 Å². The predicted octanol–water partition coefficient (Wildman–Crippen LogP) is 4.08. The van der Waals surface area contributed by atoms with Crippen LogP contribution in [0.25, 0.3) is 10.2 Å². The minimum atomic E-state index is -3.74. The number of benzene rings is 2. The standard InChI is InChI=1S/C16H13ClN2O3S3/c1-23-12-3-2-4-13-15(12)19-16(24-13)18-14(20)9-25(21,22)11-7-5-10(17)6-8-11/h2-8H,9H2,1H3,(H,18,19,20). The number of fused-ring (bicyclic) bond motifs is 1. The van der Waals surface area contributed by atoms with Gasteiger partial charge in [-0.05, 0) is 42.7 Å². The fraction of sp³-hybridized carbons (Fsp3) is 0.125. The molecule has 1 amide bonds. The molecule has 130 valence electrons. The highest BCUT2D eigenvalue weighted by Gasteiger charge is 2.20. The van der Waals surface area contributed by atoms with Crippen LogP contribution in [0.5, 0.6) is 0 Å². The van der Waals surface area contributed by atoms with Crippen molar-refractivity contribution in [1.29, 1.82) is 0 Å². The summed E-state index contributed by atoms with van der Waals surface area (Å²) in [6, 6.07) is 11.5. The molecular weight excluding hydrogens is 400 g/mol. The van der Waals surface area contributed by atoms with E-state index in [1.807, 2.05) is 24.5 Å². The van der Waals surface area contributed by atoms with E-state index >= 15 is 0 Å². The molecule has 1 N–H and O–H groups in total. The van der Waals surface area contributed by atoms with E-state index in [1.165, 1.54) is 35.6 Å². The summed E-state index contributed by atoms with van der Waals surface area (Å²) in [4.78, 5) is 17.6. The quantitative estimate of drug-likeness (QED) is 0.639. The summed E-state index contributed by atoms with van der Waals surface area (Å²) >= 11 is 8.63. The van der Waals surface area contributed by atoms with E-state index < -0.39 is 21.5 Å². The Morgan fingerprint density at radius 1 is 1.24 bits per heavy atom. The van der Waals surface area contributed by atoms with Crippen LogP contribution in [0.2, 0.25) is 5.02 Å². The molecule has 0 spiro atoms. The maximum atomic E-state index is 12.3. The van der Waals surface area contributed by atoms with Crippen LogP contribution >= 0.6 is 34.7 Å². The van der Waals surface area contributed by atoms with Gasteiger partial charge in [0.2, 0.25) is 5.91 Å². The zero-order valence-corrected chi connectivity index (χ0v) is 16.2. The van der Waals surface area contributed by atoms with E-state index in [4.69, 9.17) is 11.6 Å². The van der Waals surface area contributed by atoms with E-state index in [0.29, 0.717) is 10.2 Å². The number of hydrogen-bond donors (Lipinski definition) is 1. The third-order valence-corrected chi connectivity index (χ3v) is 6.93. The van der Waals surface area contributed by atoms with Crippen LogP contribution in [0.1, 0.15) is 0 Å². The second-order valence-corrected chi connectivity index (χ2v) is 9.39. The fourth-order valence-corrected chi connectivity index (χ4v) is 4.99. The Balaban J connectivity index is 1.77. The van der Waals surface area contributed by atoms with Crippen molar-refractivity contribution < 1.29 is 13.2 Å². The number of anilines is 1. The molecule has 2 aromatic carbocycles. The molecule has 3 rings (SSSR count). The molecule has 5 nitrogen and oxygen atoms in total.